The second-order valence-corrected chi connectivity index (χ2v) is 34.0. The van der Waals surface area contributed by atoms with Crippen LogP contribution < -0.4 is 28.3 Å². The zero-order chi connectivity index (χ0) is 95.5. The van der Waals surface area contributed by atoms with Crippen molar-refractivity contribution in [3.8, 4) is 0 Å². The number of nitrogens with zero attached hydrogens (tertiary/aromatic N) is 13. The van der Waals surface area contributed by atoms with Crippen LogP contribution in [0.15, 0.2) is 0 Å². The Morgan fingerprint density at radius 1 is 0.386 bits per heavy atom. The summed E-state index contributed by atoms with van der Waals surface area (Å²) in [4.78, 5) is 238. The molecule has 1 fully saturated rings. The zero-order valence-electron chi connectivity index (χ0n) is 78.3. The Balaban J connectivity index is 3.39. The van der Waals surface area contributed by atoms with Crippen LogP contribution in [0.4, 0.5) is 0 Å². The van der Waals surface area contributed by atoms with Crippen molar-refractivity contribution in [2.24, 2.45) is 52.5 Å². The summed E-state index contributed by atoms with van der Waals surface area (Å²) in [5.41, 5.74) is 23.5. The molecule has 0 spiro atoms. The number of nitrogens with two attached hydrogens (primary N) is 4. The largest absolute Gasteiger partial charge is 0.390 e. The highest BCUT2D eigenvalue weighted by Crippen LogP contribution is 2.25. The van der Waals surface area contributed by atoms with Gasteiger partial charge in [-0.15, -0.1) is 0 Å². The van der Waals surface area contributed by atoms with Gasteiger partial charge in [0.15, 0.2) is 0 Å². The van der Waals surface area contributed by atoms with E-state index in [1.54, 1.807) is 0 Å². The molecule has 0 aromatic rings. The lowest BCUT2D eigenvalue weighted by molar-refractivity contribution is -0.149. The fourth-order valence-electron chi connectivity index (χ4n) is 12.7. The lowest BCUT2D eigenvalue weighted by Crippen LogP contribution is -2.54. The number of hydrogen-bond donors (Lipinski definition) is 6. The van der Waals surface area contributed by atoms with Crippen molar-refractivity contribution in [2.45, 2.75) is 119 Å². The number of amides is 16. The molecule has 43 heteroatoms. The minimum absolute atomic E-state index is 0.00206. The van der Waals surface area contributed by atoms with Crippen LogP contribution in [0.5, 0.6) is 0 Å². The van der Waals surface area contributed by atoms with Gasteiger partial charge in [-0.2, -0.15) is 11.8 Å². The highest BCUT2D eigenvalue weighted by molar-refractivity contribution is 7.99. The number of carbonyl (C=O) groups is 16. The maximum Gasteiger partial charge on any atom is 0.242 e. The van der Waals surface area contributed by atoms with E-state index in [4.69, 9.17) is 56.1 Å². The summed E-state index contributed by atoms with van der Waals surface area (Å²) >= 11 is 1.37. The van der Waals surface area contributed by atoms with Gasteiger partial charge in [-0.1, -0.05) is 61.8 Å². The van der Waals surface area contributed by atoms with Gasteiger partial charge in [0.1, 0.15) is 0 Å². The number of hydrogen-bond acceptors (Lipinski definition) is 28. The van der Waals surface area contributed by atoms with E-state index in [0.717, 1.165) is 24.5 Å². The van der Waals surface area contributed by atoms with E-state index >= 15 is 0 Å². The van der Waals surface area contributed by atoms with Crippen molar-refractivity contribution >= 4 is 106 Å². The highest BCUT2D eigenvalue weighted by Gasteiger charge is 2.39. The van der Waals surface area contributed by atoms with E-state index < -0.39 is 161 Å². The summed E-state index contributed by atoms with van der Waals surface area (Å²) < 4.78 is 37.3. The number of nitrogens with one attached hydrogen (secondary N) is 1. The number of thioether (sulfide) groups is 1. The van der Waals surface area contributed by atoms with Crippen molar-refractivity contribution in [3.05, 3.63) is 0 Å². The van der Waals surface area contributed by atoms with Crippen LogP contribution in [0.1, 0.15) is 113 Å². The SMILES string of the molecule is COCCN(CC(N)=O)C(=O)CN(CCC(C)C)C(=O)CN(CCOC)C(=O)CN(CCN)C(=O)CN(CCOC)C(=O)CN(CCC(C)C)C(=O)CN(CCOC)C(=O)CN(CCN)C(=O)CN(CCOC)C(=O)CN(CCC(C)C)C(=O)CN(CCOC)C(=O)CN(CCN)C(=O)CCCCCNC(=O)CCN1C(=O)CC(CSCC(O)COCC(C)C)C1=O. The van der Waals surface area contributed by atoms with Crippen LogP contribution in [0, 0.1) is 29.6 Å². The summed E-state index contributed by atoms with van der Waals surface area (Å²) in [5.74, 6) is -8.98. The monoisotopic (exact) mass is 1830 g/mol. The van der Waals surface area contributed by atoms with E-state index in [2.05, 4.69) is 5.32 Å². The van der Waals surface area contributed by atoms with Gasteiger partial charge in [-0.05, 0) is 55.8 Å². The van der Waals surface area contributed by atoms with E-state index in [1.807, 2.05) is 55.4 Å². The van der Waals surface area contributed by atoms with Crippen molar-refractivity contribution in [3.63, 3.8) is 0 Å². The minimum atomic E-state index is -0.772. The number of aliphatic hydroxyl groups is 1. The molecule has 1 aliphatic heterocycles. The molecule has 0 bridgehead atoms. The molecular formula is C84H154N18O24S. The predicted molar refractivity (Wildman–Crippen MR) is 475 cm³/mol. The molecule has 0 aromatic carbocycles. The number of rotatable bonds is 74. The lowest BCUT2D eigenvalue weighted by atomic mass is 10.1. The van der Waals surface area contributed by atoms with Crippen molar-refractivity contribution < 1.29 is 115 Å². The molecule has 16 amide bonds. The van der Waals surface area contributed by atoms with Crippen molar-refractivity contribution in [1.29, 1.82) is 0 Å². The first-order valence-electron chi connectivity index (χ1n) is 44.0. The van der Waals surface area contributed by atoms with E-state index in [9.17, 15) is 81.8 Å². The Labute approximate surface area is 755 Å². The second-order valence-electron chi connectivity index (χ2n) is 32.9. The molecule has 2 unspecified atom stereocenters. The minimum Gasteiger partial charge on any atom is -0.390 e. The highest BCUT2D eigenvalue weighted by atomic mass is 32.2. The molecule has 0 saturated carbocycles. The van der Waals surface area contributed by atoms with E-state index in [1.165, 1.54) is 93.6 Å². The Morgan fingerprint density at radius 2 is 0.669 bits per heavy atom. The molecule has 42 nitrogen and oxygen atoms in total. The predicted octanol–water partition coefficient (Wildman–Crippen LogP) is -3.48. The normalized spacial score (nSPS) is 12.8. The molecule has 1 saturated heterocycles. The average Bonchev–Trinajstić information content (AvgIpc) is 1.47. The summed E-state index contributed by atoms with van der Waals surface area (Å²) in [6.07, 6.45) is 1.97. The zero-order valence-corrected chi connectivity index (χ0v) is 79.1. The number of aliphatic hydroxyl groups excluding tert-OH is 1. The molecule has 1 aliphatic rings. The Hall–Kier alpha value is -8.37. The third-order valence-corrected chi connectivity index (χ3v) is 21.6. The number of unbranched alkanes of at least 4 members (excludes halogenated alkanes) is 2. The molecule has 0 aliphatic carbocycles. The first kappa shape index (κ1) is 117. The van der Waals surface area contributed by atoms with E-state index in [0.29, 0.717) is 62.6 Å². The van der Waals surface area contributed by atoms with Crippen LogP contribution in [0.25, 0.3) is 0 Å². The molecule has 127 heavy (non-hydrogen) atoms. The van der Waals surface area contributed by atoms with Crippen LogP contribution in [-0.4, -0.2) is 466 Å². The molecule has 1 rings (SSSR count). The number of carbonyl (C=O) groups excluding carboxylic acids is 16. The number of primary amides is 1. The maximum atomic E-state index is 14.7. The summed E-state index contributed by atoms with van der Waals surface area (Å²) in [6.45, 7) is 8.58. The number of methoxy groups -OCH3 is 6. The Bertz CT molecular complexity index is 3330. The molecule has 0 aromatic heterocycles. The van der Waals surface area contributed by atoms with Crippen LogP contribution >= 0.6 is 11.8 Å². The summed E-state index contributed by atoms with van der Waals surface area (Å²) in [5, 5.41) is 13.0. The van der Waals surface area contributed by atoms with Gasteiger partial charge in [0, 0.05) is 191 Å². The maximum absolute atomic E-state index is 14.7. The standard InChI is InChI=1S/C84H154N18O24S/c1-63(2)19-27-90(48-78(113)96(34-40-120-9)47-69(88)104)73(108)55-98(36-42-122-11)82(117)52-94(32-24-86)76(111)58-101(39-45-125-14)80(115)50-92(29-21-65(5)6)75(110)56-99(37-43-123-12)83(118)53-95(33-25-87)77(112)57-100(38-44-124-13)79(114)49-91(28-20-64(3)4)74(109)54-97(35-41-121-10)81(116)51-93(31-23-85)71(106)18-16-15-17-26-89-70(105)22-30-102-72(107)46-67(84(102)119)61-127-62-68(103)60-126-59-66(7)8/h63-68,103H,15-62,85-87H2,1-14H3,(H2,88,104)(H,89,105). The van der Waals surface area contributed by atoms with Crippen LogP contribution in [-0.2, 0) is 110 Å². The third-order valence-electron chi connectivity index (χ3n) is 20.4. The van der Waals surface area contributed by atoms with Gasteiger partial charge < -0.3 is 125 Å². The number of likely N-dealkylation sites (tertiary alicyclic amines) is 1. The molecular weight excluding hydrogens is 1680 g/mol. The van der Waals surface area contributed by atoms with Gasteiger partial charge >= 0.3 is 0 Å². The van der Waals surface area contributed by atoms with Crippen LogP contribution in [0.2, 0.25) is 0 Å². The van der Waals surface area contributed by atoms with Gasteiger partial charge in [0.25, 0.3) is 0 Å². The lowest BCUT2D eigenvalue weighted by Gasteiger charge is -2.33. The smallest absolute Gasteiger partial charge is 0.242 e. The molecule has 10 N–H and O–H groups in total. The van der Waals surface area contributed by atoms with Gasteiger partial charge in [0.2, 0.25) is 94.5 Å². The Morgan fingerprint density at radius 3 is 0.945 bits per heavy atom. The fraction of sp³-hybridized carbons (Fsp3) is 0.810. The molecule has 1 heterocycles. The molecule has 0 radical (unpaired) electrons. The number of imide groups is 1. The van der Waals surface area contributed by atoms with Gasteiger partial charge in [-0.25, -0.2) is 0 Å². The van der Waals surface area contributed by atoms with E-state index in [-0.39, 0.29) is 218 Å². The molecule has 2 atom stereocenters. The number of ether oxygens (including phenoxy) is 7. The van der Waals surface area contributed by atoms with Gasteiger partial charge in [-0.3, -0.25) is 81.6 Å². The van der Waals surface area contributed by atoms with Gasteiger partial charge in [0.05, 0.1) is 137 Å². The van der Waals surface area contributed by atoms with Crippen molar-refractivity contribution in [2.75, 3.05) is 297 Å². The Kier molecular flexibility index (Phi) is 62.3. The quantitative estimate of drug-likeness (QED) is 0.0254. The average molecular weight is 1830 g/mol. The van der Waals surface area contributed by atoms with Crippen LogP contribution in [0.3, 0.4) is 0 Å². The first-order valence-corrected chi connectivity index (χ1v) is 45.1. The summed E-state index contributed by atoms with van der Waals surface area (Å²) in [6, 6.07) is 0. The molecule has 730 valence electrons. The third kappa shape index (κ3) is 49.8. The fourth-order valence-corrected chi connectivity index (χ4v) is 13.8. The topological polar surface area (TPSA) is 516 Å². The second kappa shape index (κ2) is 67.8. The van der Waals surface area contributed by atoms with Crippen molar-refractivity contribution in [1.82, 2.24) is 69.0 Å². The summed E-state index contributed by atoms with van der Waals surface area (Å²) in [7, 11) is 8.38. The first-order chi connectivity index (χ1) is 60.4.